The lowest BCUT2D eigenvalue weighted by molar-refractivity contribution is -0.136. The molecule has 1 aromatic rings. The third-order valence-corrected chi connectivity index (χ3v) is 6.69. The molecule has 2 aliphatic heterocycles. The second-order valence-electron chi connectivity index (χ2n) is 8.90. The quantitative estimate of drug-likeness (QED) is 0.674. The molecule has 0 saturated carbocycles. The Bertz CT molecular complexity index is 784. The number of carbonyl (C=O) groups is 2. The number of benzene rings is 1. The molecule has 2 atom stereocenters. The lowest BCUT2D eigenvalue weighted by Crippen LogP contribution is -2.48. The van der Waals surface area contributed by atoms with Gasteiger partial charge in [-0.15, -0.1) is 0 Å². The number of thioether (sulfide) groups is 1. The van der Waals surface area contributed by atoms with Crippen LogP contribution >= 0.6 is 11.8 Å². The molecule has 3 rings (SSSR count). The van der Waals surface area contributed by atoms with Crippen LogP contribution in [0.1, 0.15) is 50.8 Å². The van der Waals surface area contributed by atoms with Crippen LogP contribution in [0.25, 0.3) is 0 Å². The summed E-state index contributed by atoms with van der Waals surface area (Å²) >= 11 is 1.55. The maximum absolute atomic E-state index is 14.2. The van der Waals surface area contributed by atoms with Crippen molar-refractivity contribution in [3.8, 4) is 0 Å². The van der Waals surface area contributed by atoms with Crippen molar-refractivity contribution in [3.05, 3.63) is 35.4 Å². The van der Waals surface area contributed by atoms with Crippen LogP contribution in [-0.2, 0) is 9.53 Å². The maximum Gasteiger partial charge on any atom is 0.410 e. The molecule has 8 heteroatoms. The molecule has 2 saturated heterocycles. The number of nitrogens with zero attached hydrogens (tertiary/aromatic N) is 2. The number of hydrogen-bond donors (Lipinski definition) is 0. The summed E-state index contributed by atoms with van der Waals surface area (Å²) in [4.78, 5) is 28.9. The summed E-state index contributed by atoms with van der Waals surface area (Å²) in [5.41, 5.74) is -0.208. The number of hydrogen-bond acceptors (Lipinski definition) is 4. The highest BCUT2D eigenvalue weighted by Crippen LogP contribution is 2.36. The van der Waals surface area contributed by atoms with E-state index in [1.807, 2.05) is 25.7 Å². The van der Waals surface area contributed by atoms with Gasteiger partial charge in [0.25, 0.3) is 0 Å². The van der Waals surface area contributed by atoms with Crippen molar-refractivity contribution in [3.63, 3.8) is 0 Å². The zero-order valence-corrected chi connectivity index (χ0v) is 18.6. The van der Waals surface area contributed by atoms with Gasteiger partial charge in [-0.05, 0) is 58.2 Å². The number of carbonyl (C=O) groups excluding carboxylic acids is 2. The molecule has 2 aliphatic rings. The first-order valence-electron chi connectivity index (χ1n) is 10.5. The summed E-state index contributed by atoms with van der Waals surface area (Å²) in [6, 6.07) is 3.53. The zero-order chi connectivity index (χ0) is 21.9. The van der Waals surface area contributed by atoms with E-state index in [9.17, 15) is 18.4 Å². The molecular formula is C22H30F2N2O3S. The lowest BCUT2D eigenvalue weighted by Gasteiger charge is -2.35. The van der Waals surface area contributed by atoms with Gasteiger partial charge in [0.2, 0.25) is 5.91 Å². The Morgan fingerprint density at radius 2 is 1.87 bits per heavy atom. The van der Waals surface area contributed by atoms with Gasteiger partial charge in [-0.3, -0.25) is 4.79 Å². The van der Waals surface area contributed by atoms with Gasteiger partial charge in [0.05, 0.1) is 5.92 Å². The summed E-state index contributed by atoms with van der Waals surface area (Å²) in [5, 5.41) is -0.178. The summed E-state index contributed by atoms with van der Waals surface area (Å²) in [6.07, 6.45) is 1.69. The molecule has 1 aromatic carbocycles. The fraction of sp³-hybridized carbons (Fsp3) is 0.636. The van der Waals surface area contributed by atoms with Crippen molar-refractivity contribution >= 4 is 23.8 Å². The first kappa shape index (κ1) is 22.8. The first-order valence-corrected chi connectivity index (χ1v) is 11.5. The van der Waals surface area contributed by atoms with E-state index in [2.05, 4.69) is 0 Å². The molecule has 2 amide bonds. The van der Waals surface area contributed by atoms with E-state index >= 15 is 0 Å². The second-order valence-corrected chi connectivity index (χ2v) is 10.2. The van der Waals surface area contributed by atoms with Gasteiger partial charge in [0, 0.05) is 42.7 Å². The number of rotatable bonds is 2. The van der Waals surface area contributed by atoms with Crippen LogP contribution in [0.3, 0.4) is 0 Å². The molecule has 0 N–H and O–H groups in total. The van der Waals surface area contributed by atoms with Gasteiger partial charge < -0.3 is 14.5 Å². The van der Waals surface area contributed by atoms with Gasteiger partial charge in [-0.2, -0.15) is 11.8 Å². The van der Waals surface area contributed by atoms with Crippen molar-refractivity contribution in [1.82, 2.24) is 9.80 Å². The second kappa shape index (κ2) is 9.54. The molecule has 0 bridgehead atoms. The van der Waals surface area contributed by atoms with Crippen molar-refractivity contribution in [1.29, 1.82) is 0 Å². The third kappa shape index (κ3) is 5.86. The maximum atomic E-state index is 14.2. The highest BCUT2D eigenvalue weighted by molar-refractivity contribution is 7.99. The van der Waals surface area contributed by atoms with Gasteiger partial charge in [-0.1, -0.05) is 0 Å². The van der Waals surface area contributed by atoms with Gasteiger partial charge in [0.15, 0.2) is 0 Å². The molecule has 0 spiro atoms. The summed E-state index contributed by atoms with van der Waals surface area (Å²) in [7, 11) is 0. The van der Waals surface area contributed by atoms with Crippen molar-refractivity contribution in [2.24, 2.45) is 5.92 Å². The molecule has 30 heavy (non-hydrogen) atoms. The molecule has 2 fully saturated rings. The Kier molecular flexibility index (Phi) is 7.26. The average Bonchev–Trinajstić information content (AvgIpc) is 2.94. The van der Waals surface area contributed by atoms with E-state index in [1.54, 1.807) is 16.7 Å². The van der Waals surface area contributed by atoms with Gasteiger partial charge in [0.1, 0.15) is 17.2 Å². The van der Waals surface area contributed by atoms with E-state index in [0.29, 0.717) is 43.9 Å². The third-order valence-electron chi connectivity index (χ3n) is 5.38. The van der Waals surface area contributed by atoms with E-state index < -0.39 is 17.2 Å². The number of halogens is 2. The predicted molar refractivity (Wildman–Crippen MR) is 113 cm³/mol. The van der Waals surface area contributed by atoms with E-state index in [1.165, 1.54) is 6.07 Å². The minimum atomic E-state index is -0.572. The van der Waals surface area contributed by atoms with E-state index in [-0.39, 0.29) is 23.2 Å². The predicted octanol–water partition coefficient (Wildman–Crippen LogP) is 4.62. The minimum Gasteiger partial charge on any atom is -0.444 e. The van der Waals surface area contributed by atoms with Crippen LogP contribution in [0.5, 0.6) is 0 Å². The molecule has 0 aliphatic carbocycles. The van der Waals surface area contributed by atoms with E-state index in [0.717, 1.165) is 25.0 Å². The van der Waals surface area contributed by atoms with E-state index in [4.69, 9.17) is 4.74 Å². The monoisotopic (exact) mass is 440 g/mol. The minimum absolute atomic E-state index is 0.0317. The smallest absolute Gasteiger partial charge is 0.410 e. The molecule has 166 valence electrons. The van der Waals surface area contributed by atoms with Crippen LogP contribution < -0.4 is 0 Å². The Labute approximate surface area is 181 Å². The molecule has 2 unspecified atom stereocenters. The van der Waals surface area contributed by atoms with Gasteiger partial charge in [-0.25, -0.2) is 13.6 Å². The molecule has 2 heterocycles. The Morgan fingerprint density at radius 1 is 1.10 bits per heavy atom. The van der Waals surface area contributed by atoms with Crippen LogP contribution in [0.15, 0.2) is 18.2 Å². The standard InChI is InChI=1S/C22H30F2N2O3S/c1-22(2,3)29-21(28)26-9-4-5-15(14-26)20(27)25-10-8-19(30-12-11-25)17-13-16(23)6-7-18(17)24/h6-7,13,15,19H,4-5,8-12,14H2,1-3H3. The van der Waals surface area contributed by atoms with Crippen LogP contribution in [0, 0.1) is 17.6 Å². The number of likely N-dealkylation sites (tertiary alicyclic amines) is 1. The van der Waals surface area contributed by atoms with Crippen molar-refractivity contribution < 1.29 is 23.1 Å². The molecule has 0 radical (unpaired) electrons. The largest absolute Gasteiger partial charge is 0.444 e. The normalized spacial score (nSPS) is 23.1. The summed E-state index contributed by atoms with van der Waals surface area (Å²) in [5.74, 6) is -0.417. The Balaban J connectivity index is 1.60. The lowest BCUT2D eigenvalue weighted by atomic mass is 9.96. The van der Waals surface area contributed by atoms with Crippen LogP contribution in [0.2, 0.25) is 0 Å². The molecule has 5 nitrogen and oxygen atoms in total. The Morgan fingerprint density at radius 3 is 2.60 bits per heavy atom. The highest BCUT2D eigenvalue weighted by Gasteiger charge is 2.34. The Hall–Kier alpha value is -1.83. The number of piperidine rings is 1. The molecule has 0 aromatic heterocycles. The summed E-state index contributed by atoms with van der Waals surface area (Å²) < 4.78 is 33.2. The first-order chi connectivity index (χ1) is 14.1. The zero-order valence-electron chi connectivity index (χ0n) is 17.8. The van der Waals surface area contributed by atoms with Crippen molar-refractivity contribution in [2.75, 3.05) is 31.9 Å². The van der Waals surface area contributed by atoms with Crippen LogP contribution in [0.4, 0.5) is 13.6 Å². The summed E-state index contributed by atoms with van der Waals surface area (Å²) in [6.45, 7) is 7.49. The van der Waals surface area contributed by atoms with Gasteiger partial charge >= 0.3 is 6.09 Å². The topological polar surface area (TPSA) is 49.9 Å². The number of amides is 2. The fourth-order valence-electron chi connectivity index (χ4n) is 3.93. The van der Waals surface area contributed by atoms with Crippen LogP contribution in [-0.4, -0.2) is 59.3 Å². The van der Waals surface area contributed by atoms with Crippen molar-refractivity contribution in [2.45, 2.75) is 50.9 Å². The molecular weight excluding hydrogens is 410 g/mol. The SMILES string of the molecule is CC(C)(C)OC(=O)N1CCCC(C(=O)N2CCSC(c3cc(F)ccc3F)CC2)C1. The highest BCUT2D eigenvalue weighted by atomic mass is 32.2. The average molecular weight is 441 g/mol. The fourth-order valence-corrected chi connectivity index (χ4v) is 5.17. The number of ether oxygens (including phenoxy) is 1.